The third-order valence-corrected chi connectivity index (χ3v) is 5.44. The van der Waals surface area contributed by atoms with Gasteiger partial charge in [-0.05, 0) is 67.3 Å². The summed E-state index contributed by atoms with van der Waals surface area (Å²) in [4.78, 5) is 24.5. The van der Waals surface area contributed by atoms with Crippen LogP contribution in [0, 0.1) is 24.7 Å². The minimum Gasteiger partial charge on any atom is -0.426 e. The molecule has 0 radical (unpaired) electrons. The van der Waals surface area contributed by atoms with Crippen molar-refractivity contribution in [3.8, 4) is 34.5 Å². The van der Waals surface area contributed by atoms with Gasteiger partial charge >= 0.3 is 11.9 Å². The molecular formula is C30H30O4. The van der Waals surface area contributed by atoms with E-state index in [1.54, 1.807) is 24.3 Å². The standard InChI is InChI=1S/C30H30O4/c1-4-6-26(7-5-2)30(32)34-28-19-15-25(16-20-28)24-13-17-27(18-14-24)33-29(31)21-12-23-10-8-22(3)9-11-23/h8-11,13-20,26H,4-7H2,1-3H3. The van der Waals surface area contributed by atoms with Crippen LogP contribution in [-0.2, 0) is 9.59 Å². The molecule has 34 heavy (non-hydrogen) atoms. The van der Waals surface area contributed by atoms with Gasteiger partial charge in [0.25, 0.3) is 0 Å². The van der Waals surface area contributed by atoms with E-state index in [4.69, 9.17) is 9.47 Å². The van der Waals surface area contributed by atoms with E-state index in [-0.39, 0.29) is 11.9 Å². The minimum atomic E-state index is -0.607. The fourth-order valence-electron chi connectivity index (χ4n) is 3.60. The average molecular weight is 455 g/mol. The van der Waals surface area contributed by atoms with Crippen molar-refractivity contribution >= 4 is 11.9 Å². The zero-order chi connectivity index (χ0) is 24.3. The lowest BCUT2D eigenvalue weighted by Crippen LogP contribution is -2.20. The summed E-state index contributed by atoms with van der Waals surface area (Å²) in [5.41, 5.74) is 3.82. The number of benzene rings is 3. The van der Waals surface area contributed by atoms with Crippen LogP contribution in [0.25, 0.3) is 11.1 Å². The number of hydrogen-bond donors (Lipinski definition) is 0. The second-order valence-electron chi connectivity index (χ2n) is 8.25. The van der Waals surface area contributed by atoms with Crippen molar-refractivity contribution in [3.63, 3.8) is 0 Å². The normalized spacial score (nSPS) is 10.4. The summed E-state index contributed by atoms with van der Waals surface area (Å²) in [5, 5.41) is 0. The first-order chi connectivity index (χ1) is 16.5. The smallest absolute Gasteiger partial charge is 0.390 e. The number of esters is 2. The molecule has 4 heteroatoms. The van der Waals surface area contributed by atoms with Gasteiger partial charge in [0.2, 0.25) is 0 Å². The molecule has 0 saturated heterocycles. The van der Waals surface area contributed by atoms with E-state index in [0.717, 1.165) is 47.9 Å². The van der Waals surface area contributed by atoms with E-state index in [2.05, 4.69) is 25.7 Å². The topological polar surface area (TPSA) is 52.6 Å². The maximum Gasteiger partial charge on any atom is 0.390 e. The van der Waals surface area contributed by atoms with Crippen molar-refractivity contribution in [2.24, 2.45) is 5.92 Å². The molecule has 0 aliphatic carbocycles. The van der Waals surface area contributed by atoms with Gasteiger partial charge in [-0.15, -0.1) is 0 Å². The quantitative estimate of drug-likeness (QED) is 0.215. The first kappa shape index (κ1) is 24.8. The van der Waals surface area contributed by atoms with E-state index in [1.165, 1.54) is 0 Å². The van der Waals surface area contributed by atoms with Crippen LogP contribution in [0.3, 0.4) is 0 Å². The highest BCUT2D eigenvalue weighted by Gasteiger charge is 2.18. The van der Waals surface area contributed by atoms with Crippen molar-refractivity contribution in [1.82, 2.24) is 0 Å². The molecule has 4 nitrogen and oxygen atoms in total. The number of aryl methyl sites for hydroxylation is 1. The van der Waals surface area contributed by atoms with Crippen LogP contribution in [0.2, 0.25) is 0 Å². The van der Waals surface area contributed by atoms with Gasteiger partial charge in [0.05, 0.1) is 5.92 Å². The van der Waals surface area contributed by atoms with E-state index >= 15 is 0 Å². The summed E-state index contributed by atoms with van der Waals surface area (Å²) in [6.07, 6.45) is 3.62. The first-order valence-electron chi connectivity index (χ1n) is 11.7. The molecule has 0 amide bonds. The van der Waals surface area contributed by atoms with E-state index in [0.29, 0.717) is 11.5 Å². The molecule has 0 bridgehead atoms. The van der Waals surface area contributed by atoms with Crippen LogP contribution in [0.15, 0.2) is 72.8 Å². The monoisotopic (exact) mass is 454 g/mol. The lowest BCUT2D eigenvalue weighted by Gasteiger charge is -2.14. The van der Waals surface area contributed by atoms with Crippen molar-refractivity contribution in [1.29, 1.82) is 0 Å². The number of ether oxygens (including phenoxy) is 2. The molecule has 0 aliphatic heterocycles. The molecule has 0 heterocycles. The Labute approximate surface area is 201 Å². The minimum absolute atomic E-state index is 0.0495. The van der Waals surface area contributed by atoms with Crippen LogP contribution in [-0.4, -0.2) is 11.9 Å². The maximum absolute atomic E-state index is 12.4. The Balaban J connectivity index is 1.58. The molecule has 0 saturated carbocycles. The Bertz CT molecular complexity index is 1140. The predicted octanol–water partition coefficient (Wildman–Crippen LogP) is 6.74. The van der Waals surface area contributed by atoms with E-state index in [9.17, 15) is 9.59 Å². The summed E-state index contributed by atoms with van der Waals surface area (Å²) in [6.45, 7) is 6.15. The van der Waals surface area contributed by atoms with Gasteiger partial charge < -0.3 is 9.47 Å². The maximum atomic E-state index is 12.4. The van der Waals surface area contributed by atoms with Gasteiger partial charge in [-0.25, -0.2) is 4.79 Å². The van der Waals surface area contributed by atoms with Gasteiger partial charge in [0, 0.05) is 11.5 Å². The molecule has 0 spiro atoms. The lowest BCUT2D eigenvalue weighted by atomic mass is 9.98. The molecule has 0 atom stereocenters. The summed E-state index contributed by atoms with van der Waals surface area (Å²) < 4.78 is 10.9. The Morgan fingerprint density at radius 3 is 1.74 bits per heavy atom. The fraction of sp³-hybridized carbons (Fsp3) is 0.267. The molecule has 0 aliphatic rings. The summed E-state index contributed by atoms with van der Waals surface area (Å²) in [6, 6.07) is 22.2. The zero-order valence-electron chi connectivity index (χ0n) is 20.0. The molecule has 0 fully saturated rings. The Morgan fingerprint density at radius 1 is 0.735 bits per heavy atom. The Kier molecular flexibility index (Phi) is 9.05. The lowest BCUT2D eigenvalue weighted by molar-refractivity contribution is -0.139. The fourth-order valence-corrected chi connectivity index (χ4v) is 3.60. The average Bonchev–Trinajstić information content (AvgIpc) is 2.84. The predicted molar refractivity (Wildman–Crippen MR) is 135 cm³/mol. The molecule has 3 aromatic rings. The molecule has 174 valence electrons. The summed E-state index contributed by atoms with van der Waals surface area (Å²) in [5.74, 6) is 5.47. The van der Waals surface area contributed by atoms with Crippen molar-refractivity contribution in [3.05, 3.63) is 83.9 Å². The summed E-state index contributed by atoms with van der Waals surface area (Å²) in [7, 11) is 0. The highest BCUT2D eigenvalue weighted by molar-refractivity contribution is 5.91. The van der Waals surface area contributed by atoms with Crippen molar-refractivity contribution in [2.75, 3.05) is 0 Å². The Morgan fingerprint density at radius 2 is 1.24 bits per heavy atom. The van der Waals surface area contributed by atoms with E-state index < -0.39 is 5.97 Å². The third kappa shape index (κ3) is 7.35. The van der Waals surface area contributed by atoms with Gasteiger partial charge in [0.15, 0.2) is 0 Å². The van der Waals surface area contributed by atoms with E-state index in [1.807, 2.05) is 55.5 Å². The van der Waals surface area contributed by atoms with Gasteiger partial charge in [-0.2, -0.15) is 0 Å². The second kappa shape index (κ2) is 12.4. The van der Waals surface area contributed by atoms with Crippen LogP contribution in [0.5, 0.6) is 11.5 Å². The van der Waals surface area contributed by atoms with Crippen molar-refractivity contribution < 1.29 is 19.1 Å². The van der Waals surface area contributed by atoms with Crippen LogP contribution < -0.4 is 9.47 Å². The molecule has 3 aromatic carbocycles. The SMILES string of the molecule is CCCC(CCC)C(=O)Oc1ccc(-c2ccc(OC(=O)C#Cc3ccc(C)cc3)cc2)cc1. The Hall–Kier alpha value is -3.84. The van der Waals surface area contributed by atoms with Gasteiger partial charge in [-0.1, -0.05) is 74.6 Å². The number of carbonyl (C=O) groups excluding carboxylic acids is 2. The number of carbonyl (C=O) groups is 2. The van der Waals surface area contributed by atoms with Crippen molar-refractivity contribution in [2.45, 2.75) is 46.5 Å². The third-order valence-electron chi connectivity index (χ3n) is 5.44. The van der Waals surface area contributed by atoms with Crippen LogP contribution in [0.4, 0.5) is 0 Å². The first-order valence-corrected chi connectivity index (χ1v) is 11.7. The number of hydrogen-bond acceptors (Lipinski definition) is 4. The van der Waals surface area contributed by atoms with Gasteiger partial charge in [0.1, 0.15) is 11.5 Å². The molecule has 0 aromatic heterocycles. The van der Waals surface area contributed by atoms with Gasteiger partial charge in [-0.3, -0.25) is 4.79 Å². The van der Waals surface area contributed by atoms with Crippen LogP contribution in [0.1, 0.15) is 50.7 Å². The molecule has 0 N–H and O–H groups in total. The largest absolute Gasteiger partial charge is 0.426 e. The molecule has 0 unspecified atom stereocenters. The number of rotatable bonds is 8. The van der Waals surface area contributed by atoms with Crippen LogP contribution >= 0.6 is 0 Å². The highest BCUT2D eigenvalue weighted by Crippen LogP contribution is 2.26. The zero-order valence-corrected chi connectivity index (χ0v) is 20.0. The molecule has 3 rings (SSSR count). The summed E-state index contributed by atoms with van der Waals surface area (Å²) >= 11 is 0. The highest BCUT2D eigenvalue weighted by atomic mass is 16.5. The second-order valence-corrected chi connectivity index (χ2v) is 8.25. The molecular weight excluding hydrogens is 424 g/mol.